The fourth-order valence-electron chi connectivity index (χ4n) is 11.7. The maximum absolute atomic E-state index is 5.64. The Morgan fingerprint density at radius 1 is 0.307 bits per heavy atom. The zero-order chi connectivity index (χ0) is 49.1. The van der Waals surface area contributed by atoms with Crippen molar-refractivity contribution >= 4 is 108 Å². The summed E-state index contributed by atoms with van der Waals surface area (Å²) in [6.45, 7) is 0. The third-order valence-electron chi connectivity index (χ3n) is 15.1. The van der Waals surface area contributed by atoms with Gasteiger partial charge < -0.3 is 0 Å². The molecule has 16 rings (SSSR count). The minimum absolute atomic E-state index is 0.620. The van der Waals surface area contributed by atoms with Crippen LogP contribution >= 0.6 is 11.3 Å². The first kappa shape index (κ1) is 41.8. The maximum Gasteiger partial charge on any atom is 0.235 e. The summed E-state index contributed by atoms with van der Waals surface area (Å²) in [6, 6.07) is 86.8. The van der Waals surface area contributed by atoms with Gasteiger partial charge in [0.1, 0.15) is 0 Å². The molecule has 5 aromatic heterocycles. The van der Waals surface area contributed by atoms with Gasteiger partial charge in [-0.3, -0.25) is 9.13 Å². The van der Waals surface area contributed by atoms with Gasteiger partial charge in [0.2, 0.25) is 11.9 Å². The molecule has 0 aliphatic carbocycles. The zero-order valence-corrected chi connectivity index (χ0v) is 41.0. The smallest absolute Gasteiger partial charge is 0.235 e. The fraction of sp³-hybridized carbons (Fsp3) is 0. The number of aromatic nitrogens is 6. The molecular formula is C68H40N6S. The summed E-state index contributed by atoms with van der Waals surface area (Å²) >= 11 is 1.74. The van der Waals surface area contributed by atoms with Gasteiger partial charge >= 0.3 is 0 Å². The Bertz CT molecular complexity index is 5000. The number of hydrogen-bond donors (Lipinski definition) is 0. The highest BCUT2D eigenvalue weighted by Gasteiger charge is 2.25. The molecule has 0 aliphatic heterocycles. The number of hydrogen-bond acceptors (Lipinski definition) is 5. The average Bonchev–Trinajstić information content (AvgIpc) is 4.24. The van der Waals surface area contributed by atoms with Crippen LogP contribution in [0, 0.1) is 0 Å². The number of thiophene rings is 1. The van der Waals surface area contributed by atoms with Crippen LogP contribution in [0.3, 0.4) is 0 Å². The summed E-state index contributed by atoms with van der Waals surface area (Å²) in [6.07, 6.45) is 0. The van der Waals surface area contributed by atoms with Crippen molar-refractivity contribution < 1.29 is 0 Å². The van der Waals surface area contributed by atoms with Crippen LogP contribution in [0.25, 0.3) is 153 Å². The molecule has 75 heavy (non-hydrogen) atoms. The van der Waals surface area contributed by atoms with Crippen LogP contribution in [0.5, 0.6) is 0 Å². The van der Waals surface area contributed by atoms with E-state index in [4.69, 9.17) is 19.9 Å². The van der Waals surface area contributed by atoms with Crippen molar-refractivity contribution in [3.8, 4) is 56.0 Å². The van der Waals surface area contributed by atoms with Crippen LogP contribution in [0.2, 0.25) is 0 Å². The molecule has 6 nitrogen and oxygen atoms in total. The van der Waals surface area contributed by atoms with E-state index < -0.39 is 0 Å². The first-order valence-corrected chi connectivity index (χ1v) is 26.1. The lowest BCUT2D eigenvalue weighted by Crippen LogP contribution is -2.04. The molecule has 0 saturated carbocycles. The van der Waals surface area contributed by atoms with Gasteiger partial charge in [-0.15, -0.1) is 11.3 Å². The summed E-state index contributed by atoms with van der Waals surface area (Å²) in [5.41, 5.74) is 13.2. The SMILES string of the molecule is c1ccc(-c2cc3nc(-n4c5ccc(-c6cccc7c8c9ccccc9ccc8n(-c8nc(-c9ccccc9)c9c(ccc%10ccccc%109)n8)c67)cc5c5cc6ccccc6cc54)nc(-c4ccccc4)c3s2)cc1. The number of para-hydroxylation sites is 1. The molecule has 0 unspecified atom stereocenters. The van der Waals surface area contributed by atoms with E-state index in [1.807, 2.05) is 0 Å². The van der Waals surface area contributed by atoms with Crippen molar-refractivity contribution in [3.05, 3.63) is 243 Å². The maximum atomic E-state index is 5.64. The van der Waals surface area contributed by atoms with Crippen LogP contribution in [0.1, 0.15) is 0 Å². The first-order valence-electron chi connectivity index (χ1n) is 25.3. The number of fused-ring (bicyclic) bond motifs is 13. The minimum atomic E-state index is 0.620. The van der Waals surface area contributed by atoms with Gasteiger partial charge in [-0.1, -0.05) is 200 Å². The van der Waals surface area contributed by atoms with Crippen molar-refractivity contribution in [1.29, 1.82) is 0 Å². The van der Waals surface area contributed by atoms with Crippen LogP contribution < -0.4 is 0 Å². The fourth-order valence-corrected chi connectivity index (χ4v) is 12.8. The third kappa shape index (κ3) is 6.45. The largest absolute Gasteiger partial charge is 0.278 e. The van der Waals surface area contributed by atoms with Crippen LogP contribution in [-0.2, 0) is 0 Å². The summed E-state index contributed by atoms with van der Waals surface area (Å²) in [7, 11) is 0. The molecule has 0 bridgehead atoms. The predicted molar refractivity (Wildman–Crippen MR) is 313 cm³/mol. The lowest BCUT2D eigenvalue weighted by atomic mass is 9.98. The van der Waals surface area contributed by atoms with Gasteiger partial charge in [-0.2, -0.15) is 0 Å². The zero-order valence-electron chi connectivity index (χ0n) is 40.2. The first-order chi connectivity index (χ1) is 37.2. The van der Waals surface area contributed by atoms with E-state index in [-0.39, 0.29) is 0 Å². The van der Waals surface area contributed by atoms with Crippen molar-refractivity contribution in [2.24, 2.45) is 0 Å². The highest BCUT2D eigenvalue weighted by atomic mass is 32.1. The van der Waals surface area contributed by atoms with Crippen molar-refractivity contribution in [2.45, 2.75) is 0 Å². The molecule has 0 saturated heterocycles. The Morgan fingerprint density at radius 3 is 1.61 bits per heavy atom. The predicted octanol–water partition coefficient (Wildman–Crippen LogP) is 18.0. The molecule has 0 atom stereocenters. The van der Waals surface area contributed by atoms with Gasteiger partial charge in [0.05, 0.1) is 49.2 Å². The topological polar surface area (TPSA) is 61.4 Å². The van der Waals surface area contributed by atoms with Crippen LogP contribution in [0.4, 0.5) is 0 Å². The van der Waals surface area contributed by atoms with Crippen molar-refractivity contribution in [1.82, 2.24) is 29.1 Å². The number of benzene rings is 11. The molecule has 16 aromatic rings. The molecule has 7 heteroatoms. The molecule has 0 aliphatic rings. The van der Waals surface area contributed by atoms with E-state index in [2.05, 4.69) is 252 Å². The second-order valence-electron chi connectivity index (χ2n) is 19.4. The van der Waals surface area contributed by atoms with Gasteiger partial charge in [0, 0.05) is 48.5 Å². The monoisotopic (exact) mass is 972 g/mol. The quantitative estimate of drug-likeness (QED) is 0.156. The Hall–Kier alpha value is -9.82. The molecule has 0 spiro atoms. The lowest BCUT2D eigenvalue weighted by Gasteiger charge is -2.15. The van der Waals surface area contributed by atoms with E-state index in [0.717, 1.165) is 120 Å². The highest BCUT2D eigenvalue weighted by molar-refractivity contribution is 7.22. The summed E-state index contributed by atoms with van der Waals surface area (Å²) < 4.78 is 5.65. The summed E-state index contributed by atoms with van der Waals surface area (Å²) in [4.78, 5) is 23.3. The molecule has 0 radical (unpaired) electrons. The van der Waals surface area contributed by atoms with E-state index in [1.54, 1.807) is 11.3 Å². The van der Waals surface area contributed by atoms with Crippen LogP contribution in [0.15, 0.2) is 243 Å². The number of nitrogens with zero attached hydrogens (tertiary/aromatic N) is 6. The van der Waals surface area contributed by atoms with E-state index in [9.17, 15) is 0 Å². The minimum Gasteiger partial charge on any atom is -0.278 e. The average molecular weight is 973 g/mol. The molecular weight excluding hydrogens is 933 g/mol. The van der Waals surface area contributed by atoms with Gasteiger partial charge in [0.15, 0.2) is 0 Å². The van der Waals surface area contributed by atoms with Crippen LogP contribution in [-0.4, -0.2) is 29.1 Å². The Labute approximate surface area is 433 Å². The van der Waals surface area contributed by atoms with E-state index in [1.165, 1.54) is 21.5 Å². The van der Waals surface area contributed by atoms with Gasteiger partial charge in [-0.05, 0) is 85.9 Å². The Morgan fingerprint density at radius 2 is 0.867 bits per heavy atom. The Balaban J connectivity index is 0.981. The lowest BCUT2D eigenvalue weighted by molar-refractivity contribution is 1.01. The normalized spacial score (nSPS) is 12.0. The van der Waals surface area contributed by atoms with Gasteiger partial charge in [0.25, 0.3) is 0 Å². The van der Waals surface area contributed by atoms with Crippen molar-refractivity contribution in [3.63, 3.8) is 0 Å². The second-order valence-corrected chi connectivity index (χ2v) is 20.4. The summed E-state index contributed by atoms with van der Waals surface area (Å²) in [5, 5.41) is 12.6. The molecule has 0 fully saturated rings. The standard InChI is InChI=1S/C68H40N6S/c1-4-19-43(20-5-1)60-40-56-66(75-60)64(45-23-8-3-9-24-45)72-67(70-56)73-57-35-33-48(38-53(57)54-37-46-25-10-11-26-47(46)39-59(54)73)51-29-16-30-52-61-49-27-14-12-18-42(49)32-36-58(61)74(65(51)52)68-69-55-34-31-41-17-13-15-28-50(41)62(55)63(71-68)44-21-6-2-7-22-44/h1-40H. The van der Waals surface area contributed by atoms with E-state index in [0.29, 0.717) is 11.9 Å². The molecule has 5 heterocycles. The second kappa shape index (κ2) is 16.3. The molecule has 0 amide bonds. The van der Waals surface area contributed by atoms with E-state index >= 15 is 0 Å². The van der Waals surface area contributed by atoms with Gasteiger partial charge in [-0.25, -0.2) is 19.9 Å². The molecule has 11 aromatic carbocycles. The van der Waals surface area contributed by atoms with Crippen molar-refractivity contribution in [2.75, 3.05) is 0 Å². The third-order valence-corrected chi connectivity index (χ3v) is 16.3. The molecule has 0 N–H and O–H groups in total. The highest BCUT2D eigenvalue weighted by Crippen LogP contribution is 2.45. The molecule has 348 valence electrons. The Kier molecular flexibility index (Phi) is 9.10. The summed E-state index contributed by atoms with van der Waals surface area (Å²) in [5.74, 6) is 1.25. The number of rotatable bonds is 6.